The second-order valence-electron chi connectivity index (χ2n) is 5.40. The summed E-state index contributed by atoms with van der Waals surface area (Å²) in [7, 11) is 1.79. The molecule has 4 heteroatoms. The molecule has 1 amide bonds. The van der Waals surface area contributed by atoms with E-state index in [1.165, 1.54) is 0 Å². The first-order valence-electron chi connectivity index (χ1n) is 6.75. The van der Waals surface area contributed by atoms with E-state index in [0.29, 0.717) is 13.2 Å². The summed E-state index contributed by atoms with van der Waals surface area (Å²) in [5.74, 6) is 0.874. The number of hydrogen-bond acceptors (Lipinski definition) is 3. The summed E-state index contributed by atoms with van der Waals surface area (Å²) in [5.41, 5.74) is 6.57. The summed E-state index contributed by atoms with van der Waals surface area (Å²) < 4.78 is 5.64. The van der Waals surface area contributed by atoms with Crippen LogP contribution in [0.4, 0.5) is 0 Å². The third kappa shape index (κ3) is 3.26. The van der Waals surface area contributed by atoms with Crippen molar-refractivity contribution in [2.24, 2.45) is 5.73 Å². The number of ether oxygens (including phenoxy) is 1. The molecule has 0 heterocycles. The van der Waals surface area contributed by atoms with Crippen molar-refractivity contribution in [3.05, 3.63) is 29.8 Å². The van der Waals surface area contributed by atoms with Crippen molar-refractivity contribution in [1.82, 2.24) is 4.90 Å². The second kappa shape index (κ2) is 5.61. The highest BCUT2D eigenvalue weighted by Gasteiger charge is 2.41. The molecule has 0 aliphatic heterocycles. The number of benzene rings is 1. The molecule has 1 aromatic rings. The van der Waals surface area contributed by atoms with Gasteiger partial charge in [-0.05, 0) is 43.9 Å². The Morgan fingerprint density at radius 3 is 2.79 bits per heavy atom. The average molecular weight is 262 g/mol. The summed E-state index contributed by atoms with van der Waals surface area (Å²) in [6.07, 6.45) is 2.65. The van der Waals surface area contributed by atoms with Crippen LogP contribution >= 0.6 is 0 Å². The van der Waals surface area contributed by atoms with E-state index in [-0.39, 0.29) is 5.91 Å². The van der Waals surface area contributed by atoms with E-state index < -0.39 is 5.54 Å². The summed E-state index contributed by atoms with van der Waals surface area (Å²) in [5, 5.41) is 0. The van der Waals surface area contributed by atoms with Crippen LogP contribution in [0, 0.1) is 6.92 Å². The maximum atomic E-state index is 12.1. The van der Waals surface area contributed by atoms with Gasteiger partial charge in [-0.25, -0.2) is 0 Å². The van der Waals surface area contributed by atoms with Crippen LogP contribution in [0.25, 0.3) is 0 Å². The predicted octanol–water partition coefficient (Wildman–Crippen LogP) is 1.71. The molecule has 0 saturated heterocycles. The highest BCUT2D eigenvalue weighted by molar-refractivity contribution is 5.86. The van der Waals surface area contributed by atoms with Crippen molar-refractivity contribution < 1.29 is 9.53 Å². The molecule has 0 bridgehead atoms. The first kappa shape index (κ1) is 13.9. The molecule has 0 radical (unpaired) electrons. The average Bonchev–Trinajstić information content (AvgIpc) is 2.35. The van der Waals surface area contributed by atoms with Gasteiger partial charge in [-0.1, -0.05) is 12.1 Å². The van der Waals surface area contributed by atoms with Gasteiger partial charge in [-0.3, -0.25) is 4.79 Å². The minimum absolute atomic E-state index is 0.0339. The summed E-state index contributed by atoms with van der Waals surface area (Å²) >= 11 is 0. The van der Waals surface area contributed by atoms with Gasteiger partial charge in [0, 0.05) is 7.05 Å². The molecule has 0 aromatic heterocycles. The molecule has 0 spiro atoms. The molecular formula is C15H22N2O2. The standard InChI is InChI=1S/C15H22N2O2/c1-12-5-3-6-13(11-12)19-10-9-17(2)14(18)15(16)7-4-8-15/h3,5-6,11H,4,7-10,16H2,1-2H3. The smallest absolute Gasteiger partial charge is 0.242 e. The van der Waals surface area contributed by atoms with Crippen molar-refractivity contribution in [1.29, 1.82) is 0 Å². The number of carbonyl (C=O) groups is 1. The van der Waals surface area contributed by atoms with E-state index in [4.69, 9.17) is 10.5 Å². The normalized spacial score (nSPS) is 16.6. The lowest BCUT2D eigenvalue weighted by Gasteiger charge is -2.39. The summed E-state index contributed by atoms with van der Waals surface area (Å²) in [6, 6.07) is 7.89. The number of rotatable bonds is 5. The zero-order valence-electron chi connectivity index (χ0n) is 11.7. The quantitative estimate of drug-likeness (QED) is 0.879. The van der Waals surface area contributed by atoms with E-state index in [1.54, 1.807) is 11.9 Å². The monoisotopic (exact) mass is 262 g/mol. The van der Waals surface area contributed by atoms with Crippen molar-refractivity contribution in [2.75, 3.05) is 20.2 Å². The van der Waals surface area contributed by atoms with Crippen LogP contribution in [-0.4, -0.2) is 36.5 Å². The molecule has 0 unspecified atom stereocenters. The van der Waals surface area contributed by atoms with Crippen LogP contribution in [0.2, 0.25) is 0 Å². The molecule has 104 valence electrons. The van der Waals surface area contributed by atoms with Crippen molar-refractivity contribution in [3.8, 4) is 5.75 Å². The Bertz CT molecular complexity index is 455. The lowest BCUT2D eigenvalue weighted by molar-refractivity contribution is -0.139. The third-order valence-corrected chi connectivity index (χ3v) is 3.70. The second-order valence-corrected chi connectivity index (χ2v) is 5.40. The molecule has 4 nitrogen and oxygen atoms in total. The fraction of sp³-hybridized carbons (Fsp3) is 0.533. The predicted molar refractivity (Wildman–Crippen MR) is 75.1 cm³/mol. The molecule has 2 rings (SSSR count). The van der Waals surface area contributed by atoms with Gasteiger partial charge in [0.05, 0.1) is 12.1 Å². The van der Waals surface area contributed by atoms with Gasteiger partial charge >= 0.3 is 0 Å². The van der Waals surface area contributed by atoms with E-state index in [9.17, 15) is 4.79 Å². The van der Waals surface area contributed by atoms with Gasteiger partial charge in [0.2, 0.25) is 5.91 Å². The zero-order valence-corrected chi connectivity index (χ0v) is 11.7. The fourth-order valence-electron chi connectivity index (χ4n) is 2.26. The van der Waals surface area contributed by atoms with Crippen LogP contribution in [0.15, 0.2) is 24.3 Å². The van der Waals surface area contributed by atoms with Gasteiger partial charge in [-0.15, -0.1) is 0 Å². The number of hydrogen-bond donors (Lipinski definition) is 1. The molecule has 1 fully saturated rings. The summed E-state index contributed by atoms with van der Waals surface area (Å²) in [4.78, 5) is 13.8. The van der Waals surface area contributed by atoms with Crippen LogP contribution in [0.5, 0.6) is 5.75 Å². The SMILES string of the molecule is Cc1cccc(OCCN(C)C(=O)C2(N)CCC2)c1. The molecule has 0 atom stereocenters. The fourth-order valence-corrected chi connectivity index (χ4v) is 2.26. The number of nitrogens with zero attached hydrogens (tertiary/aromatic N) is 1. The molecule has 1 saturated carbocycles. The first-order chi connectivity index (χ1) is 9.01. The van der Waals surface area contributed by atoms with Crippen molar-refractivity contribution in [2.45, 2.75) is 31.7 Å². The number of aryl methyl sites for hydroxylation is 1. The number of nitrogens with two attached hydrogens (primary N) is 1. The first-order valence-corrected chi connectivity index (χ1v) is 6.75. The lowest BCUT2D eigenvalue weighted by atomic mass is 9.77. The lowest BCUT2D eigenvalue weighted by Crippen LogP contribution is -2.59. The number of amides is 1. The van der Waals surface area contributed by atoms with Gasteiger partial charge in [0.25, 0.3) is 0 Å². The highest BCUT2D eigenvalue weighted by atomic mass is 16.5. The van der Waals surface area contributed by atoms with Gasteiger partial charge < -0.3 is 15.4 Å². The highest BCUT2D eigenvalue weighted by Crippen LogP contribution is 2.30. The zero-order chi connectivity index (χ0) is 13.9. The van der Waals surface area contributed by atoms with Crippen LogP contribution in [0.1, 0.15) is 24.8 Å². The minimum atomic E-state index is -0.613. The molecule has 2 N–H and O–H groups in total. The van der Waals surface area contributed by atoms with E-state index in [1.807, 2.05) is 31.2 Å². The van der Waals surface area contributed by atoms with Crippen LogP contribution in [0.3, 0.4) is 0 Å². The Morgan fingerprint density at radius 1 is 1.47 bits per heavy atom. The van der Waals surface area contributed by atoms with E-state index in [0.717, 1.165) is 30.6 Å². The Morgan fingerprint density at radius 2 is 2.21 bits per heavy atom. The number of carbonyl (C=O) groups excluding carboxylic acids is 1. The van der Waals surface area contributed by atoms with Crippen molar-refractivity contribution in [3.63, 3.8) is 0 Å². The maximum Gasteiger partial charge on any atom is 0.242 e. The largest absolute Gasteiger partial charge is 0.492 e. The molecular weight excluding hydrogens is 240 g/mol. The van der Waals surface area contributed by atoms with Crippen LogP contribution < -0.4 is 10.5 Å². The van der Waals surface area contributed by atoms with Crippen molar-refractivity contribution >= 4 is 5.91 Å². The Kier molecular flexibility index (Phi) is 4.10. The molecule has 19 heavy (non-hydrogen) atoms. The van der Waals surface area contributed by atoms with E-state index >= 15 is 0 Å². The minimum Gasteiger partial charge on any atom is -0.492 e. The maximum absolute atomic E-state index is 12.1. The van der Waals surface area contributed by atoms with Gasteiger partial charge in [-0.2, -0.15) is 0 Å². The van der Waals surface area contributed by atoms with Gasteiger partial charge in [0.1, 0.15) is 12.4 Å². The van der Waals surface area contributed by atoms with E-state index in [2.05, 4.69) is 0 Å². The number of likely N-dealkylation sites (N-methyl/N-ethyl adjacent to an activating group) is 1. The summed E-state index contributed by atoms with van der Waals surface area (Å²) in [6.45, 7) is 3.07. The van der Waals surface area contributed by atoms with Crippen LogP contribution in [-0.2, 0) is 4.79 Å². The third-order valence-electron chi connectivity index (χ3n) is 3.70. The molecule has 1 aliphatic carbocycles. The molecule has 1 aromatic carbocycles. The van der Waals surface area contributed by atoms with Gasteiger partial charge in [0.15, 0.2) is 0 Å². The Hall–Kier alpha value is -1.55. The molecule has 1 aliphatic rings. The Labute approximate surface area is 114 Å². The topological polar surface area (TPSA) is 55.6 Å². The Balaban J connectivity index is 1.77.